The Labute approximate surface area is 511 Å². The summed E-state index contributed by atoms with van der Waals surface area (Å²) in [5, 5.41) is 12.7. The molecule has 0 radical (unpaired) electrons. The number of hydrogen-bond acceptors (Lipinski definition) is 9. The molecule has 4 N–H and O–H groups in total. The van der Waals surface area contributed by atoms with Gasteiger partial charge in [0.2, 0.25) is 11.8 Å². The number of carbonyl (C=O) groups is 3. The number of fused-ring (bicyclic) bond motifs is 2. The summed E-state index contributed by atoms with van der Waals surface area (Å²) < 4.78 is 27.9. The standard InChI is InChI=1S/C73H106N4O8/c1-13-39-81-43-46-84-42-31-67(78)75-37-16-40-82-44-47-85-48-45-83-41-17-38-76-69(80)66(77-68(79)59-25-21-57(22-26-59)50-54(3)61-28-30-63-65(52-61)73(11,12)35-33-71(63,7)8)18-14-15-36-74-55(4)58-23-19-56(20-24-58)49-53(2)60-27-29-62-64(51-60)72(9,10)34-32-70(62,5)6/h19-30,49-52,55,66,74H,13-18,31-48H2,1-12H3,(H,75,78)(H,76,80)(H,77,79)/b53-49+,54-50+/t55?,66-/m1/s1. The first-order valence-corrected chi connectivity index (χ1v) is 31.9. The Hall–Kier alpha value is -5.47. The van der Waals surface area contributed by atoms with Crippen molar-refractivity contribution in [2.75, 3.05) is 85.7 Å². The van der Waals surface area contributed by atoms with Gasteiger partial charge in [0.25, 0.3) is 5.91 Å². The van der Waals surface area contributed by atoms with Crippen LogP contribution in [0.3, 0.4) is 0 Å². The maximum atomic E-state index is 13.9. The van der Waals surface area contributed by atoms with E-state index in [1.165, 1.54) is 74.9 Å². The van der Waals surface area contributed by atoms with Crippen molar-refractivity contribution in [3.05, 3.63) is 141 Å². The molecule has 1 unspecified atom stereocenters. The van der Waals surface area contributed by atoms with E-state index in [9.17, 15) is 14.4 Å². The maximum absolute atomic E-state index is 13.9. The number of ether oxygens (including phenoxy) is 5. The fourth-order valence-corrected chi connectivity index (χ4v) is 11.5. The van der Waals surface area contributed by atoms with Crippen LogP contribution in [0, 0.1) is 0 Å². The van der Waals surface area contributed by atoms with Gasteiger partial charge in [-0.25, -0.2) is 0 Å². The molecule has 2 aliphatic rings. The molecule has 6 rings (SSSR count). The second-order valence-electron chi connectivity index (χ2n) is 26.4. The molecule has 3 amide bonds. The minimum Gasteiger partial charge on any atom is -0.379 e. The smallest absolute Gasteiger partial charge is 0.251 e. The highest BCUT2D eigenvalue weighted by Gasteiger charge is 2.38. The summed E-state index contributed by atoms with van der Waals surface area (Å²) in [5.74, 6) is -0.514. The Morgan fingerprint density at radius 2 is 0.929 bits per heavy atom. The molecule has 0 heterocycles. The van der Waals surface area contributed by atoms with Gasteiger partial charge in [-0.15, -0.1) is 0 Å². The van der Waals surface area contributed by atoms with E-state index in [2.05, 4.69) is 177 Å². The van der Waals surface area contributed by atoms with Crippen LogP contribution in [0.25, 0.3) is 23.3 Å². The molecular formula is C73H106N4O8. The van der Waals surface area contributed by atoms with Crippen molar-refractivity contribution in [3.63, 3.8) is 0 Å². The van der Waals surface area contributed by atoms with E-state index >= 15 is 0 Å². The minimum atomic E-state index is -0.699. The SMILES string of the molecule is CCCOCCOCCC(=O)NCCCOCCOCCOCCCNC(=O)[C@@H](CCCCNC(C)c1ccc(/C=C(\C)c2ccc3c(c2)C(C)(C)CCC3(C)C)cc1)NC(=O)c1ccc(/C=C(\C)c2ccc3c(c2)C(C)(C)CCC3(C)C)cc1. The van der Waals surface area contributed by atoms with Crippen molar-refractivity contribution in [1.29, 1.82) is 0 Å². The zero-order valence-corrected chi connectivity index (χ0v) is 54.1. The third kappa shape index (κ3) is 21.7. The maximum Gasteiger partial charge on any atom is 0.251 e. The van der Waals surface area contributed by atoms with Gasteiger partial charge in [-0.05, 0) is 187 Å². The summed E-state index contributed by atoms with van der Waals surface area (Å²) in [4.78, 5) is 39.6. The minimum absolute atomic E-state index is 0.0350. The van der Waals surface area contributed by atoms with Crippen LogP contribution >= 0.6 is 0 Å². The largest absolute Gasteiger partial charge is 0.379 e. The Morgan fingerprint density at radius 1 is 0.494 bits per heavy atom. The van der Waals surface area contributed by atoms with Gasteiger partial charge in [-0.3, -0.25) is 14.4 Å². The van der Waals surface area contributed by atoms with Crippen molar-refractivity contribution in [2.45, 2.75) is 187 Å². The van der Waals surface area contributed by atoms with Crippen LogP contribution in [0.2, 0.25) is 0 Å². The zero-order valence-electron chi connectivity index (χ0n) is 54.1. The van der Waals surface area contributed by atoms with Crippen LogP contribution in [0.4, 0.5) is 0 Å². The van der Waals surface area contributed by atoms with E-state index < -0.39 is 6.04 Å². The number of allylic oxidation sites excluding steroid dienone is 2. The molecule has 0 aromatic heterocycles. The van der Waals surface area contributed by atoms with E-state index in [4.69, 9.17) is 23.7 Å². The molecule has 0 spiro atoms. The summed E-state index contributed by atoms with van der Waals surface area (Å²) in [5.41, 5.74) is 15.3. The summed E-state index contributed by atoms with van der Waals surface area (Å²) in [6, 6.07) is 30.0. The lowest BCUT2D eigenvalue weighted by molar-refractivity contribution is -0.123. The van der Waals surface area contributed by atoms with E-state index in [1.807, 2.05) is 24.3 Å². The second kappa shape index (κ2) is 33.6. The Kier molecular flexibility index (Phi) is 27.1. The number of unbranched alkanes of at least 4 members (excludes halogenated alkanes) is 1. The lowest BCUT2D eigenvalue weighted by Gasteiger charge is -2.42. The van der Waals surface area contributed by atoms with Gasteiger partial charge < -0.3 is 45.0 Å². The van der Waals surface area contributed by atoms with Gasteiger partial charge in [0.05, 0.1) is 46.2 Å². The predicted octanol–water partition coefficient (Wildman–Crippen LogP) is 14.0. The molecule has 12 nitrogen and oxygen atoms in total. The first-order valence-electron chi connectivity index (χ1n) is 31.9. The summed E-state index contributed by atoms with van der Waals surface area (Å²) in [6.45, 7) is 34.2. The Balaban J connectivity index is 0.939. The molecule has 4 aromatic rings. The fourth-order valence-electron chi connectivity index (χ4n) is 11.5. The van der Waals surface area contributed by atoms with E-state index in [0.717, 1.165) is 44.4 Å². The molecular weight excluding hydrogens is 1060 g/mol. The van der Waals surface area contributed by atoms with Crippen molar-refractivity contribution in [1.82, 2.24) is 21.3 Å². The van der Waals surface area contributed by atoms with Gasteiger partial charge in [-0.2, -0.15) is 0 Å². The average molecular weight is 1170 g/mol. The lowest BCUT2D eigenvalue weighted by atomic mass is 9.63. The molecule has 2 aliphatic carbocycles. The molecule has 466 valence electrons. The Morgan fingerprint density at radius 3 is 1.44 bits per heavy atom. The predicted molar refractivity (Wildman–Crippen MR) is 349 cm³/mol. The number of rotatable bonds is 36. The number of carbonyl (C=O) groups excluding carboxylic acids is 3. The zero-order chi connectivity index (χ0) is 61.5. The topological polar surface area (TPSA) is 145 Å². The van der Waals surface area contributed by atoms with Crippen molar-refractivity contribution in [3.8, 4) is 0 Å². The molecule has 0 saturated heterocycles. The van der Waals surface area contributed by atoms with Crippen molar-refractivity contribution >= 4 is 41.0 Å². The number of benzene rings is 4. The van der Waals surface area contributed by atoms with E-state index in [1.54, 1.807) is 0 Å². The van der Waals surface area contributed by atoms with Crippen LogP contribution < -0.4 is 21.3 Å². The molecule has 0 aliphatic heterocycles. The van der Waals surface area contributed by atoms with Gasteiger partial charge in [0, 0.05) is 50.9 Å². The number of nitrogens with one attached hydrogen (secondary N) is 4. The van der Waals surface area contributed by atoms with E-state index in [-0.39, 0.29) is 45.4 Å². The second-order valence-corrected chi connectivity index (χ2v) is 26.4. The molecule has 12 heteroatoms. The third-order valence-electron chi connectivity index (χ3n) is 17.5. The summed E-state index contributed by atoms with van der Waals surface area (Å²) >= 11 is 0. The monoisotopic (exact) mass is 1170 g/mol. The molecule has 0 bridgehead atoms. The van der Waals surface area contributed by atoms with Gasteiger partial charge >= 0.3 is 0 Å². The van der Waals surface area contributed by atoms with Gasteiger partial charge in [0.15, 0.2) is 0 Å². The third-order valence-corrected chi connectivity index (χ3v) is 17.5. The van der Waals surface area contributed by atoms with Crippen LogP contribution in [-0.4, -0.2) is 109 Å². The quantitative estimate of drug-likeness (QED) is 0.0258. The van der Waals surface area contributed by atoms with Crippen LogP contribution in [0.1, 0.15) is 220 Å². The summed E-state index contributed by atoms with van der Waals surface area (Å²) in [6.07, 6.45) is 13.9. The molecule has 85 heavy (non-hydrogen) atoms. The van der Waals surface area contributed by atoms with Crippen molar-refractivity contribution in [2.24, 2.45) is 0 Å². The lowest BCUT2D eigenvalue weighted by Crippen LogP contribution is -2.47. The van der Waals surface area contributed by atoms with Crippen LogP contribution in [-0.2, 0) is 54.9 Å². The molecule has 0 fully saturated rings. The number of hydrogen-bond donors (Lipinski definition) is 4. The highest BCUT2D eigenvalue weighted by atomic mass is 16.5. The normalized spacial score (nSPS) is 16.7. The first kappa shape index (κ1) is 68.6. The van der Waals surface area contributed by atoms with E-state index in [0.29, 0.717) is 104 Å². The highest BCUT2D eigenvalue weighted by molar-refractivity contribution is 5.98. The first-order chi connectivity index (χ1) is 40.6. The van der Waals surface area contributed by atoms with Crippen molar-refractivity contribution < 1.29 is 38.1 Å². The molecule has 2 atom stereocenters. The van der Waals surface area contributed by atoms with Crippen LogP contribution in [0.5, 0.6) is 0 Å². The van der Waals surface area contributed by atoms with Gasteiger partial charge in [0.1, 0.15) is 6.04 Å². The summed E-state index contributed by atoms with van der Waals surface area (Å²) in [7, 11) is 0. The average Bonchev–Trinajstić information content (AvgIpc) is 3.61. The number of amides is 3. The Bertz CT molecular complexity index is 2790. The molecule has 4 aromatic carbocycles. The highest BCUT2D eigenvalue weighted by Crippen LogP contribution is 2.48. The van der Waals surface area contributed by atoms with Gasteiger partial charge in [-0.1, -0.05) is 147 Å². The van der Waals surface area contributed by atoms with Crippen LogP contribution in [0.15, 0.2) is 84.9 Å². The fraction of sp³-hybridized carbons (Fsp3) is 0.575. The molecule has 0 saturated carbocycles.